The lowest BCUT2D eigenvalue weighted by Gasteiger charge is -2.25. The smallest absolute Gasteiger partial charge is 0.407 e. The number of carbonyl (C=O) groups is 1. The SMILES string of the molecule is CCOC(=O)NC(CNC(=NC)NC1CC2CCC1O2)CC(C)C.I. The van der Waals surface area contributed by atoms with E-state index in [4.69, 9.17) is 9.47 Å². The number of amides is 1. The molecule has 4 unspecified atom stereocenters. The summed E-state index contributed by atoms with van der Waals surface area (Å²) in [5, 5.41) is 9.69. The fourth-order valence-corrected chi connectivity index (χ4v) is 3.48. The third-order valence-electron chi connectivity index (χ3n) is 4.52. The zero-order valence-corrected chi connectivity index (χ0v) is 18.0. The minimum atomic E-state index is -0.366. The Bertz CT molecular complexity index is 448. The lowest BCUT2D eigenvalue weighted by molar-refractivity contribution is 0.0992. The molecule has 3 N–H and O–H groups in total. The number of halogens is 1. The van der Waals surface area contributed by atoms with Crippen LogP contribution in [0.1, 0.15) is 46.5 Å². The number of carbonyl (C=O) groups excluding carboxylic acids is 1. The first-order chi connectivity index (χ1) is 11.5. The summed E-state index contributed by atoms with van der Waals surface area (Å²) in [7, 11) is 1.76. The number of hydrogen-bond acceptors (Lipinski definition) is 4. The second-order valence-corrected chi connectivity index (χ2v) is 7.00. The van der Waals surface area contributed by atoms with Gasteiger partial charge >= 0.3 is 6.09 Å². The molecule has 2 fully saturated rings. The van der Waals surface area contributed by atoms with Gasteiger partial charge < -0.3 is 25.4 Å². The summed E-state index contributed by atoms with van der Waals surface area (Å²) in [4.78, 5) is 16.0. The van der Waals surface area contributed by atoms with E-state index in [0.717, 1.165) is 25.2 Å². The van der Waals surface area contributed by atoms with Crippen LogP contribution in [0.2, 0.25) is 0 Å². The summed E-state index contributed by atoms with van der Waals surface area (Å²) in [6.07, 6.45) is 4.56. The highest BCUT2D eigenvalue weighted by Gasteiger charge is 2.41. The molecule has 8 heteroatoms. The highest BCUT2D eigenvalue weighted by atomic mass is 127. The topological polar surface area (TPSA) is 84.0 Å². The Labute approximate surface area is 168 Å². The van der Waals surface area contributed by atoms with Gasteiger partial charge in [-0.05, 0) is 38.5 Å². The maximum absolute atomic E-state index is 11.7. The number of alkyl carbamates (subject to hydrolysis) is 1. The molecule has 2 aliphatic rings. The normalized spacial score (nSPS) is 26.1. The van der Waals surface area contributed by atoms with Crippen molar-refractivity contribution >= 4 is 36.0 Å². The number of fused-ring (bicyclic) bond motifs is 2. The van der Waals surface area contributed by atoms with Crippen molar-refractivity contribution in [3.8, 4) is 0 Å². The zero-order chi connectivity index (χ0) is 17.5. The van der Waals surface area contributed by atoms with Crippen molar-refractivity contribution < 1.29 is 14.3 Å². The number of aliphatic imine (C=N–C) groups is 1. The first kappa shape index (κ1) is 22.3. The van der Waals surface area contributed by atoms with Crippen LogP contribution >= 0.6 is 24.0 Å². The molecule has 0 aromatic heterocycles. The number of nitrogens with one attached hydrogen (secondary N) is 3. The van der Waals surface area contributed by atoms with Gasteiger partial charge in [-0.3, -0.25) is 4.99 Å². The van der Waals surface area contributed by atoms with Crippen molar-refractivity contribution in [2.24, 2.45) is 10.9 Å². The quantitative estimate of drug-likeness (QED) is 0.303. The maximum atomic E-state index is 11.7. The van der Waals surface area contributed by atoms with Crippen LogP contribution in [0.3, 0.4) is 0 Å². The van der Waals surface area contributed by atoms with Crippen molar-refractivity contribution in [2.75, 3.05) is 20.2 Å². The summed E-state index contributed by atoms with van der Waals surface area (Å²) in [6, 6.07) is 0.329. The monoisotopic (exact) mass is 468 g/mol. The Morgan fingerprint density at radius 2 is 2.12 bits per heavy atom. The zero-order valence-electron chi connectivity index (χ0n) is 15.7. The number of guanidine groups is 1. The summed E-state index contributed by atoms with van der Waals surface area (Å²) >= 11 is 0. The average Bonchev–Trinajstić information content (AvgIpc) is 3.13. The van der Waals surface area contributed by atoms with E-state index < -0.39 is 0 Å². The highest BCUT2D eigenvalue weighted by Crippen LogP contribution is 2.34. The standard InChI is InChI=1S/C17H32N4O3.HI/c1-5-23-17(22)20-12(8-11(2)3)10-19-16(18-4)21-14-9-13-6-7-15(14)24-13;/h11-15H,5-10H2,1-4H3,(H,20,22)(H2,18,19,21);1H. The molecule has 146 valence electrons. The van der Waals surface area contributed by atoms with Gasteiger partial charge in [0.25, 0.3) is 0 Å². The van der Waals surface area contributed by atoms with Crippen molar-refractivity contribution in [3.63, 3.8) is 0 Å². The van der Waals surface area contributed by atoms with E-state index in [1.165, 1.54) is 6.42 Å². The predicted molar refractivity (Wildman–Crippen MR) is 110 cm³/mol. The van der Waals surface area contributed by atoms with Crippen molar-refractivity contribution in [1.82, 2.24) is 16.0 Å². The van der Waals surface area contributed by atoms with Crippen molar-refractivity contribution in [3.05, 3.63) is 0 Å². The molecule has 7 nitrogen and oxygen atoms in total. The molecule has 0 aromatic carbocycles. The van der Waals surface area contributed by atoms with E-state index in [-0.39, 0.29) is 36.1 Å². The molecular formula is C17H33IN4O3. The first-order valence-electron chi connectivity index (χ1n) is 9.07. The summed E-state index contributed by atoms with van der Waals surface area (Å²) in [5.74, 6) is 1.24. The first-order valence-corrected chi connectivity index (χ1v) is 9.07. The van der Waals surface area contributed by atoms with E-state index in [0.29, 0.717) is 37.3 Å². The van der Waals surface area contributed by atoms with Gasteiger partial charge in [0.1, 0.15) is 0 Å². The molecule has 0 saturated carbocycles. The van der Waals surface area contributed by atoms with E-state index in [1.54, 1.807) is 14.0 Å². The fraction of sp³-hybridized carbons (Fsp3) is 0.882. The second-order valence-electron chi connectivity index (χ2n) is 7.00. The van der Waals surface area contributed by atoms with Crippen molar-refractivity contribution in [1.29, 1.82) is 0 Å². The molecule has 2 heterocycles. The third-order valence-corrected chi connectivity index (χ3v) is 4.52. The minimum Gasteiger partial charge on any atom is -0.450 e. The van der Waals surface area contributed by atoms with Crippen LogP contribution in [-0.2, 0) is 9.47 Å². The number of rotatable bonds is 7. The van der Waals surface area contributed by atoms with Crippen LogP contribution in [0, 0.1) is 5.92 Å². The van der Waals surface area contributed by atoms with Crippen LogP contribution in [0.25, 0.3) is 0 Å². The Hall–Kier alpha value is -0.770. The Kier molecular flexibility index (Phi) is 9.84. The molecule has 2 rings (SSSR count). The molecule has 0 radical (unpaired) electrons. The number of nitrogens with zero attached hydrogens (tertiary/aromatic N) is 1. The van der Waals surface area contributed by atoms with Crippen LogP contribution in [0.15, 0.2) is 4.99 Å². The molecule has 0 spiro atoms. The Balaban J connectivity index is 0.00000312. The molecule has 4 atom stereocenters. The van der Waals surface area contributed by atoms with Gasteiger partial charge in [-0.1, -0.05) is 13.8 Å². The summed E-state index contributed by atoms with van der Waals surface area (Å²) in [6.45, 7) is 7.07. The fourth-order valence-electron chi connectivity index (χ4n) is 3.48. The lowest BCUT2D eigenvalue weighted by Crippen LogP contribution is -2.51. The highest BCUT2D eigenvalue weighted by molar-refractivity contribution is 14.0. The van der Waals surface area contributed by atoms with Crippen molar-refractivity contribution in [2.45, 2.75) is 70.7 Å². The second kappa shape index (κ2) is 11.1. The van der Waals surface area contributed by atoms with E-state index in [2.05, 4.69) is 34.8 Å². The van der Waals surface area contributed by atoms with Gasteiger partial charge in [-0.2, -0.15) is 0 Å². The van der Waals surface area contributed by atoms with Gasteiger partial charge in [-0.15, -0.1) is 24.0 Å². The Morgan fingerprint density at radius 3 is 2.64 bits per heavy atom. The average molecular weight is 468 g/mol. The predicted octanol–water partition coefficient (Wildman–Crippen LogP) is 2.25. The molecule has 2 aliphatic heterocycles. The molecule has 25 heavy (non-hydrogen) atoms. The van der Waals surface area contributed by atoms with E-state index >= 15 is 0 Å². The van der Waals surface area contributed by atoms with Crippen LogP contribution in [0.4, 0.5) is 4.79 Å². The van der Waals surface area contributed by atoms with Crippen LogP contribution in [-0.4, -0.2) is 56.5 Å². The van der Waals surface area contributed by atoms with Gasteiger partial charge in [0.05, 0.1) is 24.9 Å². The number of ether oxygens (including phenoxy) is 2. The molecular weight excluding hydrogens is 435 g/mol. The van der Waals surface area contributed by atoms with Gasteiger partial charge in [-0.25, -0.2) is 4.79 Å². The van der Waals surface area contributed by atoms with Crippen LogP contribution < -0.4 is 16.0 Å². The molecule has 2 bridgehead atoms. The maximum Gasteiger partial charge on any atom is 0.407 e. The molecule has 2 saturated heterocycles. The summed E-state index contributed by atoms with van der Waals surface area (Å²) in [5.41, 5.74) is 0. The largest absolute Gasteiger partial charge is 0.450 e. The Morgan fingerprint density at radius 1 is 1.36 bits per heavy atom. The van der Waals surface area contributed by atoms with E-state index in [9.17, 15) is 4.79 Å². The van der Waals surface area contributed by atoms with Crippen LogP contribution in [0.5, 0.6) is 0 Å². The van der Waals surface area contributed by atoms with Gasteiger partial charge in [0.2, 0.25) is 0 Å². The van der Waals surface area contributed by atoms with Gasteiger partial charge in [0, 0.05) is 19.6 Å². The molecule has 0 aromatic rings. The number of hydrogen-bond donors (Lipinski definition) is 3. The minimum absolute atomic E-state index is 0. The lowest BCUT2D eigenvalue weighted by atomic mass is 9.96. The molecule has 1 amide bonds. The molecule has 0 aliphatic carbocycles. The van der Waals surface area contributed by atoms with Gasteiger partial charge in [0.15, 0.2) is 5.96 Å². The third kappa shape index (κ3) is 7.16. The van der Waals surface area contributed by atoms with E-state index in [1.807, 2.05) is 0 Å². The summed E-state index contributed by atoms with van der Waals surface area (Å²) < 4.78 is 10.9.